The summed E-state index contributed by atoms with van der Waals surface area (Å²) < 4.78 is 48.6. The summed E-state index contributed by atoms with van der Waals surface area (Å²) in [5.41, 5.74) is 0.658. The van der Waals surface area contributed by atoms with E-state index in [1.165, 1.54) is 30.3 Å². The second-order valence-electron chi connectivity index (χ2n) is 7.00. The number of anilines is 1. The third-order valence-electron chi connectivity index (χ3n) is 4.60. The molecule has 6 nitrogen and oxygen atoms in total. The van der Waals surface area contributed by atoms with Crippen LogP contribution in [0.3, 0.4) is 0 Å². The minimum Gasteiger partial charge on any atom is -0.492 e. The molecular weight excluding hydrogens is 535 g/mol. The smallest absolute Gasteiger partial charge is 0.242 e. The lowest BCUT2D eigenvalue weighted by atomic mass is 10.1. The van der Waals surface area contributed by atoms with Gasteiger partial charge in [-0.2, -0.15) is 4.72 Å². The lowest BCUT2D eigenvalue weighted by molar-refractivity contribution is -0.117. The Hall–Kier alpha value is -2.46. The highest BCUT2D eigenvalue weighted by atomic mass is 79.9. The second kappa shape index (κ2) is 11.1. The van der Waals surface area contributed by atoms with Crippen LogP contribution in [-0.4, -0.2) is 27.0 Å². The van der Waals surface area contributed by atoms with Gasteiger partial charge in [0.2, 0.25) is 15.9 Å². The fourth-order valence-corrected chi connectivity index (χ4v) is 4.88. The summed E-state index contributed by atoms with van der Waals surface area (Å²) in [4.78, 5) is 12.9. The molecule has 10 heteroatoms. The van der Waals surface area contributed by atoms with E-state index in [9.17, 15) is 17.6 Å². The molecule has 3 rings (SSSR count). The molecule has 33 heavy (non-hydrogen) atoms. The van der Waals surface area contributed by atoms with Crippen LogP contribution in [-0.2, 0) is 21.2 Å². The zero-order valence-electron chi connectivity index (χ0n) is 17.5. The molecule has 174 valence electrons. The summed E-state index contributed by atoms with van der Waals surface area (Å²) in [5.74, 6) is -1.01. The molecule has 2 N–H and O–H groups in total. The van der Waals surface area contributed by atoms with E-state index in [1.54, 1.807) is 37.3 Å². The summed E-state index contributed by atoms with van der Waals surface area (Å²) in [5, 5.41) is 2.59. The lowest BCUT2D eigenvalue weighted by Crippen LogP contribution is -2.45. The van der Waals surface area contributed by atoms with E-state index in [2.05, 4.69) is 26.0 Å². The largest absolute Gasteiger partial charge is 0.492 e. The molecule has 1 atom stereocenters. The van der Waals surface area contributed by atoms with E-state index in [-0.39, 0.29) is 22.0 Å². The molecule has 3 aromatic rings. The minimum atomic E-state index is -4.14. The molecular formula is C23H21BrClFN2O4S. The van der Waals surface area contributed by atoms with Crippen LogP contribution in [0.4, 0.5) is 10.1 Å². The molecule has 0 aliphatic heterocycles. The zero-order valence-corrected chi connectivity index (χ0v) is 20.7. The molecule has 3 aromatic carbocycles. The average molecular weight is 556 g/mol. The van der Waals surface area contributed by atoms with Crippen LogP contribution in [0.2, 0.25) is 5.02 Å². The van der Waals surface area contributed by atoms with E-state index in [4.69, 9.17) is 16.3 Å². The Kier molecular flexibility index (Phi) is 8.47. The Labute approximate surface area is 205 Å². The number of hydrogen-bond donors (Lipinski definition) is 2. The standard InChI is InChI=1S/C23H21BrClFN2O4S/c1-2-32-22-11-9-17(14-18(22)25)33(30,31)28-21(12-15-6-4-3-5-7-15)23(29)27-20-10-8-16(24)13-19(20)26/h3-11,13-14,21,28H,2,12H2,1H3,(H,27,29)/t21-/m1/s1. The number of ether oxygens (including phenoxy) is 1. The van der Waals surface area contributed by atoms with Crippen LogP contribution >= 0.6 is 27.5 Å². The first kappa shape index (κ1) is 25.2. The van der Waals surface area contributed by atoms with Crippen molar-refractivity contribution in [1.29, 1.82) is 0 Å². The quantitative estimate of drug-likeness (QED) is 0.382. The van der Waals surface area contributed by atoms with Gasteiger partial charge in [-0.3, -0.25) is 4.79 Å². The van der Waals surface area contributed by atoms with Crippen molar-refractivity contribution in [3.63, 3.8) is 0 Å². The van der Waals surface area contributed by atoms with Gasteiger partial charge in [0.25, 0.3) is 0 Å². The first-order valence-corrected chi connectivity index (χ1v) is 12.6. The van der Waals surface area contributed by atoms with Gasteiger partial charge in [0, 0.05) is 4.47 Å². The molecule has 0 bridgehead atoms. The first-order valence-electron chi connectivity index (χ1n) is 9.94. The SMILES string of the molecule is CCOc1ccc(S(=O)(=O)N[C@H](Cc2ccccc2)C(=O)Nc2ccc(Br)cc2F)cc1Cl. The second-order valence-corrected chi connectivity index (χ2v) is 10.0. The van der Waals surface area contributed by atoms with Crippen LogP contribution in [0, 0.1) is 5.82 Å². The van der Waals surface area contributed by atoms with Gasteiger partial charge in [-0.05, 0) is 55.3 Å². The fourth-order valence-electron chi connectivity index (χ4n) is 3.02. The number of hydrogen-bond acceptors (Lipinski definition) is 4. The number of benzene rings is 3. The van der Waals surface area contributed by atoms with Crippen LogP contribution in [0.1, 0.15) is 12.5 Å². The number of sulfonamides is 1. The molecule has 0 saturated heterocycles. The molecule has 1 amide bonds. The van der Waals surface area contributed by atoms with E-state index in [1.807, 2.05) is 6.07 Å². The Morgan fingerprint density at radius 3 is 2.48 bits per heavy atom. The van der Waals surface area contributed by atoms with Crippen molar-refractivity contribution in [2.24, 2.45) is 0 Å². The van der Waals surface area contributed by atoms with Gasteiger partial charge in [-0.25, -0.2) is 12.8 Å². The van der Waals surface area contributed by atoms with Crippen LogP contribution < -0.4 is 14.8 Å². The van der Waals surface area contributed by atoms with Crippen molar-refractivity contribution < 1.29 is 22.3 Å². The van der Waals surface area contributed by atoms with E-state index in [0.29, 0.717) is 16.8 Å². The highest BCUT2D eigenvalue weighted by Gasteiger charge is 2.27. The van der Waals surface area contributed by atoms with Gasteiger partial charge in [0.1, 0.15) is 17.6 Å². The Morgan fingerprint density at radius 1 is 1.12 bits per heavy atom. The van der Waals surface area contributed by atoms with Crippen molar-refractivity contribution in [2.75, 3.05) is 11.9 Å². The van der Waals surface area contributed by atoms with Gasteiger partial charge < -0.3 is 10.1 Å². The van der Waals surface area contributed by atoms with E-state index >= 15 is 0 Å². The third-order valence-corrected chi connectivity index (χ3v) is 6.86. The molecule has 0 saturated carbocycles. The monoisotopic (exact) mass is 554 g/mol. The highest BCUT2D eigenvalue weighted by Crippen LogP contribution is 2.27. The minimum absolute atomic E-state index is 0.0504. The van der Waals surface area contributed by atoms with Gasteiger partial charge in [-0.15, -0.1) is 0 Å². The Bertz CT molecular complexity index is 1240. The van der Waals surface area contributed by atoms with E-state index in [0.717, 1.165) is 5.56 Å². The lowest BCUT2D eigenvalue weighted by Gasteiger charge is -2.19. The van der Waals surface area contributed by atoms with Gasteiger partial charge in [0.15, 0.2) is 0 Å². The van der Waals surface area contributed by atoms with Gasteiger partial charge in [-0.1, -0.05) is 57.9 Å². The molecule has 0 spiro atoms. The predicted molar refractivity (Wildman–Crippen MR) is 130 cm³/mol. The highest BCUT2D eigenvalue weighted by molar-refractivity contribution is 9.10. The van der Waals surface area contributed by atoms with Crippen molar-refractivity contribution in [3.05, 3.63) is 87.6 Å². The van der Waals surface area contributed by atoms with Crippen molar-refractivity contribution in [1.82, 2.24) is 4.72 Å². The average Bonchev–Trinajstić information content (AvgIpc) is 2.77. The normalized spacial score (nSPS) is 12.2. The molecule has 0 aliphatic rings. The number of carbonyl (C=O) groups excluding carboxylic acids is 1. The first-order chi connectivity index (χ1) is 15.7. The van der Waals surface area contributed by atoms with E-state index < -0.39 is 27.8 Å². The number of rotatable bonds is 9. The number of nitrogens with one attached hydrogen (secondary N) is 2. The predicted octanol–water partition coefficient (Wildman–Crippen LogP) is 5.17. The molecule has 0 aliphatic carbocycles. The molecule has 0 heterocycles. The summed E-state index contributed by atoms with van der Waals surface area (Å²) in [6, 6.07) is 15.9. The van der Waals surface area contributed by atoms with Gasteiger partial charge >= 0.3 is 0 Å². The maximum absolute atomic E-state index is 14.2. The maximum atomic E-state index is 14.2. The van der Waals surface area contributed by atoms with Crippen LogP contribution in [0.25, 0.3) is 0 Å². The summed E-state index contributed by atoms with van der Waals surface area (Å²) in [6.07, 6.45) is 0.0504. The van der Waals surface area contributed by atoms with Crippen molar-refractivity contribution >= 4 is 49.1 Å². The topological polar surface area (TPSA) is 84.5 Å². The molecule has 0 unspecified atom stereocenters. The summed E-state index contributed by atoms with van der Waals surface area (Å²) in [7, 11) is -4.14. The fraction of sp³-hybridized carbons (Fsp3) is 0.174. The summed E-state index contributed by atoms with van der Waals surface area (Å²) in [6.45, 7) is 2.15. The van der Waals surface area contributed by atoms with Gasteiger partial charge in [0.05, 0.1) is 22.2 Å². The van der Waals surface area contributed by atoms with Crippen LogP contribution in [0.15, 0.2) is 76.1 Å². The molecule has 0 fully saturated rings. The molecule has 0 radical (unpaired) electrons. The zero-order chi connectivity index (χ0) is 24.0. The number of halogens is 3. The number of carbonyl (C=O) groups is 1. The number of amides is 1. The third kappa shape index (κ3) is 6.77. The van der Waals surface area contributed by atoms with Crippen molar-refractivity contribution in [3.8, 4) is 5.75 Å². The summed E-state index contributed by atoms with van der Waals surface area (Å²) >= 11 is 9.30. The van der Waals surface area contributed by atoms with Crippen molar-refractivity contribution in [2.45, 2.75) is 24.3 Å². The Balaban J connectivity index is 1.88. The molecule has 0 aromatic heterocycles. The van der Waals surface area contributed by atoms with Crippen LogP contribution in [0.5, 0.6) is 5.75 Å². The maximum Gasteiger partial charge on any atom is 0.242 e. The Morgan fingerprint density at radius 2 is 1.85 bits per heavy atom.